The molecule has 3 rings (SSSR count). The molecule has 1 heterocycles. The van der Waals surface area contributed by atoms with E-state index in [9.17, 15) is 13.2 Å². The highest BCUT2D eigenvalue weighted by atomic mass is 32.2. The molecule has 7 nitrogen and oxygen atoms in total. The number of nitrogens with one attached hydrogen (secondary N) is 1. The molecule has 158 valence electrons. The van der Waals surface area contributed by atoms with Crippen molar-refractivity contribution in [1.29, 1.82) is 5.26 Å². The largest absolute Gasteiger partial charge is 0.492 e. The first-order valence-corrected chi connectivity index (χ1v) is 11.3. The maximum absolute atomic E-state index is 12.8. The second-order valence-corrected chi connectivity index (χ2v) is 9.21. The van der Waals surface area contributed by atoms with Gasteiger partial charge in [-0.25, -0.2) is 8.42 Å². The number of nitrogens with zero attached hydrogens (tertiary/aromatic N) is 2. The Morgan fingerprint density at radius 2 is 1.77 bits per heavy atom. The molecule has 1 amide bonds. The zero-order chi connectivity index (χ0) is 21.6. The van der Waals surface area contributed by atoms with Crippen LogP contribution < -0.4 is 10.1 Å². The van der Waals surface area contributed by atoms with Crippen LogP contribution in [0.4, 0.5) is 0 Å². The van der Waals surface area contributed by atoms with Gasteiger partial charge in [0.1, 0.15) is 12.4 Å². The number of rotatable bonds is 7. The number of nitriles is 1. The molecule has 2 aromatic carbocycles. The van der Waals surface area contributed by atoms with Crippen molar-refractivity contribution < 1.29 is 17.9 Å². The van der Waals surface area contributed by atoms with Crippen molar-refractivity contribution >= 4 is 15.9 Å². The molecule has 0 saturated carbocycles. The smallest absolute Gasteiger partial charge is 0.243 e. The molecule has 0 atom stereocenters. The molecule has 1 fully saturated rings. The van der Waals surface area contributed by atoms with E-state index >= 15 is 0 Å². The van der Waals surface area contributed by atoms with Gasteiger partial charge in [-0.2, -0.15) is 9.57 Å². The van der Waals surface area contributed by atoms with E-state index in [2.05, 4.69) is 5.32 Å². The molecule has 0 aromatic heterocycles. The Balaban J connectivity index is 1.44. The van der Waals surface area contributed by atoms with Crippen LogP contribution in [0.2, 0.25) is 0 Å². The van der Waals surface area contributed by atoms with Crippen molar-refractivity contribution in [2.45, 2.75) is 24.7 Å². The molecule has 0 aliphatic carbocycles. The minimum absolute atomic E-state index is 0.0714. The third-order valence-electron chi connectivity index (χ3n) is 5.14. The second kappa shape index (κ2) is 9.74. The molecule has 0 bridgehead atoms. The number of aryl methyl sites for hydroxylation is 1. The summed E-state index contributed by atoms with van der Waals surface area (Å²) in [6.45, 7) is 3.36. The number of ether oxygens (including phenoxy) is 1. The Morgan fingerprint density at radius 3 is 2.37 bits per heavy atom. The maximum Gasteiger partial charge on any atom is 0.243 e. The number of carbonyl (C=O) groups excluding carboxylic acids is 1. The summed E-state index contributed by atoms with van der Waals surface area (Å²) in [5.41, 5.74) is 1.57. The van der Waals surface area contributed by atoms with Crippen LogP contribution in [0.25, 0.3) is 0 Å². The molecular weight excluding hydrogens is 402 g/mol. The van der Waals surface area contributed by atoms with E-state index in [0.717, 1.165) is 11.3 Å². The lowest BCUT2D eigenvalue weighted by atomic mass is 9.97. The molecule has 1 aliphatic rings. The normalized spacial score (nSPS) is 15.3. The van der Waals surface area contributed by atoms with Crippen molar-refractivity contribution in [3.63, 3.8) is 0 Å². The first kappa shape index (κ1) is 21.8. The van der Waals surface area contributed by atoms with Gasteiger partial charge in [0.25, 0.3) is 0 Å². The summed E-state index contributed by atoms with van der Waals surface area (Å²) in [5.74, 6) is 0.478. The number of carbonyl (C=O) groups is 1. The summed E-state index contributed by atoms with van der Waals surface area (Å²) in [5, 5.41) is 11.7. The molecule has 8 heteroatoms. The number of hydrogen-bond acceptors (Lipinski definition) is 5. The Labute approximate surface area is 177 Å². The maximum atomic E-state index is 12.8. The fourth-order valence-electron chi connectivity index (χ4n) is 3.33. The summed E-state index contributed by atoms with van der Waals surface area (Å²) in [6.07, 6.45) is 0.945. The van der Waals surface area contributed by atoms with Crippen LogP contribution in [-0.4, -0.2) is 44.9 Å². The highest BCUT2D eigenvalue weighted by Crippen LogP contribution is 2.24. The van der Waals surface area contributed by atoms with E-state index < -0.39 is 10.0 Å². The van der Waals surface area contributed by atoms with Crippen LogP contribution in [0.5, 0.6) is 5.75 Å². The van der Waals surface area contributed by atoms with Crippen LogP contribution in [0.1, 0.15) is 24.0 Å². The summed E-state index contributed by atoms with van der Waals surface area (Å²) in [4.78, 5) is 12.6. The Morgan fingerprint density at radius 1 is 1.13 bits per heavy atom. The minimum atomic E-state index is -3.62. The van der Waals surface area contributed by atoms with Gasteiger partial charge >= 0.3 is 0 Å². The summed E-state index contributed by atoms with van der Waals surface area (Å²) in [7, 11) is -3.62. The Bertz CT molecular complexity index is 1000. The number of benzene rings is 2. The molecular formula is C22H25N3O4S. The fraction of sp³-hybridized carbons (Fsp3) is 0.364. The van der Waals surface area contributed by atoms with Crippen molar-refractivity contribution in [3.8, 4) is 11.8 Å². The number of sulfonamides is 1. The van der Waals surface area contributed by atoms with Crippen LogP contribution in [0.15, 0.2) is 53.4 Å². The standard InChI is InChI=1S/C22H25N3O4S/c1-17-2-6-20(7-3-17)29-15-12-24-22(26)19-10-13-25(14-11-19)30(27,28)21-8-4-18(16-23)5-9-21/h2-9,19H,10-15H2,1H3,(H,24,26). The predicted molar refractivity (Wildman–Crippen MR) is 112 cm³/mol. The first-order valence-electron chi connectivity index (χ1n) is 9.87. The third-order valence-corrected chi connectivity index (χ3v) is 7.05. The summed E-state index contributed by atoms with van der Waals surface area (Å²) >= 11 is 0. The number of piperidine rings is 1. The predicted octanol–water partition coefficient (Wildman–Crippen LogP) is 2.46. The zero-order valence-electron chi connectivity index (χ0n) is 16.9. The van der Waals surface area contributed by atoms with E-state index in [4.69, 9.17) is 10.00 Å². The molecule has 1 saturated heterocycles. The molecule has 30 heavy (non-hydrogen) atoms. The Kier molecular flexibility index (Phi) is 7.08. The van der Waals surface area contributed by atoms with Gasteiger partial charge in [0, 0.05) is 19.0 Å². The van der Waals surface area contributed by atoms with E-state index in [1.54, 1.807) is 0 Å². The lowest BCUT2D eigenvalue weighted by molar-refractivity contribution is -0.126. The number of amides is 1. The van der Waals surface area contributed by atoms with Gasteiger partial charge in [0.2, 0.25) is 15.9 Å². The molecule has 0 unspecified atom stereocenters. The van der Waals surface area contributed by atoms with Crippen molar-refractivity contribution in [2.75, 3.05) is 26.2 Å². The third kappa shape index (κ3) is 5.38. The van der Waals surface area contributed by atoms with E-state index in [1.807, 2.05) is 37.3 Å². The Hall–Kier alpha value is -2.89. The number of hydrogen-bond donors (Lipinski definition) is 1. The summed E-state index contributed by atoms with van der Waals surface area (Å²) < 4.78 is 32.5. The topological polar surface area (TPSA) is 99.5 Å². The van der Waals surface area contributed by atoms with Gasteiger partial charge in [-0.05, 0) is 56.2 Å². The van der Waals surface area contributed by atoms with Crippen molar-refractivity contribution in [1.82, 2.24) is 9.62 Å². The van der Waals surface area contributed by atoms with Crippen LogP contribution in [0, 0.1) is 24.2 Å². The van der Waals surface area contributed by atoms with Gasteiger partial charge in [-0.3, -0.25) is 4.79 Å². The van der Waals surface area contributed by atoms with E-state index in [0.29, 0.717) is 44.6 Å². The lowest BCUT2D eigenvalue weighted by Crippen LogP contribution is -2.43. The monoisotopic (exact) mass is 427 g/mol. The molecule has 1 aliphatic heterocycles. The summed E-state index contributed by atoms with van der Waals surface area (Å²) in [6, 6.07) is 15.6. The highest BCUT2D eigenvalue weighted by Gasteiger charge is 2.31. The van der Waals surface area contributed by atoms with Crippen molar-refractivity contribution in [2.24, 2.45) is 5.92 Å². The van der Waals surface area contributed by atoms with Crippen LogP contribution in [0.3, 0.4) is 0 Å². The van der Waals surface area contributed by atoms with Crippen LogP contribution in [-0.2, 0) is 14.8 Å². The van der Waals surface area contributed by atoms with Crippen molar-refractivity contribution in [3.05, 3.63) is 59.7 Å². The van der Waals surface area contributed by atoms with Gasteiger partial charge in [0.05, 0.1) is 23.1 Å². The van der Waals surface area contributed by atoms with Gasteiger partial charge < -0.3 is 10.1 Å². The molecule has 0 radical (unpaired) electrons. The van der Waals surface area contributed by atoms with Gasteiger partial charge in [0.15, 0.2) is 0 Å². The van der Waals surface area contributed by atoms with E-state index in [-0.39, 0.29) is 16.7 Å². The van der Waals surface area contributed by atoms with Crippen LogP contribution >= 0.6 is 0 Å². The molecule has 0 spiro atoms. The van der Waals surface area contributed by atoms with Gasteiger partial charge in [-0.1, -0.05) is 17.7 Å². The second-order valence-electron chi connectivity index (χ2n) is 7.27. The zero-order valence-corrected chi connectivity index (χ0v) is 17.7. The average Bonchev–Trinajstić information content (AvgIpc) is 2.78. The molecule has 2 aromatic rings. The fourth-order valence-corrected chi connectivity index (χ4v) is 4.80. The SMILES string of the molecule is Cc1ccc(OCCNC(=O)C2CCN(S(=O)(=O)c3ccc(C#N)cc3)CC2)cc1. The lowest BCUT2D eigenvalue weighted by Gasteiger charge is -2.30. The average molecular weight is 428 g/mol. The first-order chi connectivity index (χ1) is 14.4. The van der Waals surface area contributed by atoms with E-state index in [1.165, 1.54) is 28.6 Å². The molecule has 1 N–H and O–H groups in total. The highest BCUT2D eigenvalue weighted by molar-refractivity contribution is 7.89. The minimum Gasteiger partial charge on any atom is -0.492 e. The quantitative estimate of drug-likeness (QED) is 0.685. The van der Waals surface area contributed by atoms with Gasteiger partial charge in [-0.15, -0.1) is 0 Å².